The predicted octanol–water partition coefficient (Wildman–Crippen LogP) is 2.20. The molecular weight excluding hydrogens is 238 g/mol. The topological polar surface area (TPSA) is 49.5 Å². The van der Waals surface area contributed by atoms with Crippen LogP contribution in [0, 0.1) is 5.41 Å². The van der Waals surface area contributed by atoms with Gasteiger partial charge in [-0.15, -0.1) is 0 Å². The highest BCUT2D eigenvalue weighted by molar-refractivity contribution is 5.49. The summed E-state index contributed by atoms with van der Waals surface area (Å²) in [6.45, 7) is 1.19. The van der Waals surface area contributed by atoms with Crippen molar-refractivity contribution in [1.29, 1.82) is 0 Å². The van der Waals surface area contributed by atoms with Gasteiger partial charge in [-0.05, 0) is 37.1 Å². The van der Waals surface area contributed by atoms with Gasteiger partial charge < -0.3 is 15.7 Å². The van der Waals surface area contributed by atoms with Gasteiger partial charge >= 0.3 is 0 Å². The monoisotopic (exact) mass is 256 g/mol. The predicted molar refractivity (Wildman–Crippen MR) is 67.0 cm³/mol. The van der Waals surface area contributed by atoms with Gasteiger partial charge in [0, 0.05) is 30.7 Å². The Morgan fingerprint density at radius 2 is 1.78 bits per heavy atom. The Morgan fingerprint density at radius 3 is 2.22 bits per heavy atom. The molecule has 0 aliphatic carbocycles. The number of nitrogens with zero attached hydrogens (tertiary/aromatic N) is 1. The van der Waals surface area contributed by atoms with Crippen LogP contribution in [-0.2, 0) is 0 Å². The number of nitrogens with two attached hydrogens (primary N) is 1. The van der Waals surface area contributed by atoms with Gasteiger partial charge in [-0.1, -0.05) is 0 Å². The van der Waals surface area contributed by atoms with E-state index in [2.05, 4.69) is 4.90 Å². The van der Waals surface area contributed by atoms with Gasteiger partial charge in [-0.25, -0.2) is 8.78 Å². The number of phenols is 1. The Hall–Kier alpha value is -1.36. The second-order valence-electron chi connectivity index (χ2n) is 4.87. The highest BCUT2D eigenvalue weighted by atomic mass is 19.3. The lowest BCUT2D eigenvalue weighted by molar-refractivity contribution is -0.0160. The Balaban J connectivity index is 2.04. The molecule has 3 N–H and O–H groups in total. The molecule has 1 aliphatic rings. The maximum absolute atomic E-state index is 13.0. The van der Waals surface area contributed by atoms with Crippen molar-refractivity contribution in [1.82, 2.24) is 0 Å². The fourth-order valence-corrected chi connectivity index (χ4v) is 2.39. The fraction of sp³-hybridized carbons (Fsp3) is 0.538. The van der Waals surface area contributed by atoms with Crippen molar-refractivity contribution in [2.45, 2.75) is 19.3 Å². The normalized spacial score (nSPS) is 19.2. The number of benzene rings is 1. The van der Waals surface area contributed by atoms with Crippen LogP contribution in [0.4, 0.5) is 14.5 Å². The Bertz CT molecular complexity index is 386. The maximum atomic E-state index is 13.0. The minimum atomic E-state index is -2.36. The molecule has 0 amide bonds. The molecular formula is C13H18F2N2O. The number of phenolic OH excluding ortho intramolecular Hbond substituents is 1. The maximum Gasteiger partial charge on any atom is 0.245 e. The van der Waals surface area contributed by atoms with Gasteiger partial charge in [-0.3, -0.25) is 0 Å². The molecule has 0 spiro atoms. The smallest absolute Gasteiger partial charge is 0.245 e. The molecule has 0 saturated carbocycles. The average molecular weight is 256 g/mol. The third-order valence-electron chi connectivity index (χ3n) is 3.84. The van der Waals surface area contributed by atoms with E-state index in [1.807, 2.05) is 0 Å². The molecule has 0 aromatic heterocycles. The first-order chi connectivity index (χ1) is 8.57. The van der Waals surface area contributed by atoms with Gasteiger partial charge in [0.05, 0.1) is 0 Å². The minimum Gasteiger partial charge on any atom is -0.508 e. The summed E-state index contributed by atoms with van der Waals surface area (Å²) in [4.78, 5) is 2.05. The van der Waals surface area contributed by atoms with Crippen LogP contribution >= 0.6 is 0 Å². The molecule has 5 heteroatoms. The molecule has 1 fully saturated rings. The molecule has 0 bridgehead atoms. The van der Waals surface area contributed by atoms with Gasteiger partial charge in [0.2, 0.25) is 6.43 Å². The summed E-state index contributed by atoms with van der Waals surface area (Å²) in [7, 11) is 0. The summed E-state index contributed by atoms with van der Waals surface area (Å²) in [5, 5.41) is 9.21. The van der Waals surface area contributed by atoms with Crippen LogP contribution in [0.2, 0.25) is 0 Å². The van der Waals surface area contributed by atoms with Gasteiger partial charge in [0.1, 0.15) is 5.75 Å². The molecule has 1 aromatic carbocycles. The van der Waals surface area contributed by atoms with E-state index < -0.39 is 11.8 Å². The van der Waals surface area contributed by atoms with Crippen molar-refractivity contribution in [2.75, 3.05) is 24.5 Å². The lowest BCUT2D eigenvalue weighted by Gasteiger charge is -2.41. The zero-order chi connectivity index (χ0) is 13.2. The van der Waals surface area contributed by atoms with E-state index in [4.69, 9.17) is 5.73 Å². The standard InChI is InChI=1S/C13H18F2N2O/c14-12(15)13(9-16)5-7-17(8-6-13)10-1-3-11(18)4-2-10/h1-4,12,18H,5-9,16H2. The third-order valence-corrected chi connectivity index (χ3v) is 3.84. The summed E-state index contributed by atoms with van der Waals surface area (Å²) in [5.74, 6) is 0.208. The number of rotatable bonds is 3. The number of halogens is 2. The van der Waals surface area contributed by atoms with E-state index in [0.29, 0.717) is 25.9 Å². The molecule has 1 aliphatic heterocycles. The van der Waals surface area contributed by atoms with Crippen LogP contribution in [0.3, 0.4) is 0 Å². The number of alkyl halides is 2. The first-order valence-corrected chi connectivity index (χ1v) is 6.10. The molecule has 100 valence electrons. The summed E-state index contributed by atoms with van der Waals surface area (Å²) >= 11 is 0. The highest BCUT2D eigenvalue weighted by Crippen LogP contribution is 2.38. The molecule has 1 aromatic rings. The molecule has 1 heterocycles. The Kier molecular flexibility index (Phi) is 3.71. The summed E-state index contributed by atoms with van der Waals surface area (Å²) < 4.78 is 26.1. The molecule has 2 rings (SSSR count). The van der Waals surface area contributed by atoms with Crippen molar-refractivity contribution in [3.05, 3.63) is 24.3 Å². The Labute approximate surface area is 105 Å². The molecule has 3 nitrogen and oxygen atoms in total. The fourth-order valence-electron chi connectivity index (χ4n) is 2.39. The zero-order valence-corrected chi connectivity index (χ0v) is 10.1. The van der Waals surface area contributed by atoms with E-state index in [1.165, 1.54) is 0 Å². The average Bonchev–Trinajstić information content (AvgIpc) is 2.39. The largest absolute Gasteiger partial charge is 0.508 e. The van der Waals surface area contributed by atoms with Crippen LogP contribution in [0.15, 0.2) is 24.3 Å². The lowest BCUT2D eigenvalue weighted by Crippen LogP contribution is -2.47. The zero-order valence-electron chi connectivity index (χ0n) is 10.1. The lowest BCUT2D eigenvalue weighted by atomic mass is 9.78. The van der Waals surface area contributed by atoms with Crippen molar-refractivity contribution < 1.29 is 13.9 Å². The first kappa shape index (κ1) is 13.1. The van der Waals surface area contributed by atoms with Crippen LogP contribution in [0.5, 0.6) is 5.75 Å². The number of piperidine rings is 1. The quantitative estimate of drug-likeness (QED) is 0.871. The van der Waals surface area contributed by atoms with E-state index in [-0.39, 0.29) is 12.3 Å². The van der Waals surface area contributed by atoms with Gasteiger partial charge in [-0.2, -0.15) is 0 Å². The molecule has 0 radical (unpaired) electrons. The first-order valence-electron chi connectivity index (χ1n) is 6.10. The third kappa shape index (κ3) is 2.41. The van der Waals surface area contributed by atoms with E-state index >= 15 is 0 Å². The number of hydrogen-bond acceptors (Lipinski definition) is 3. The number of hydrogen-bond donors (Lipinski definition) is 2. The van der Waals surface area contributed by atoms with Crippen molar-refractivity contribution in [3.8, 4) is 5.75 Å². The summed E-state index contributed by atoms with van der Waals surface area (Å²) in [6.07, 6.45) is -1.55. The van der Waals surface area contributed by atoms with Crippen molar-refractivity contribution in [3.63, 3.8) is 0 Å². The minimum absolute atomic E-state index is 0.0358. The van der Waals surface area contributed by atoms with Crippen LogP contribution < -0.4 is 10.6 Å². The number of anilines is 1. The SMILES string of the molecule is NCC1(C(F)F)CCN(c2ccc(O)cc2)CC1. The Morgan fingerprint density at radius 1 is 1.22 bits per heavy atom. The van der Waals surface area contributed by atoms with Crippen molar-refractivity contribution in [2.24, 2.45) is 11.1 Å². The van der Waals surface area contributed by atoms with Gasteiger partial charge in [0.15, 0.2) is 0 Å². The van der Waals surface area contributed by atoms with Gasteiger partial charge in [0.25, 0.3) is 0 Å². The van der Waals surface area contributed by atoms with Crippen molar-refractivity contribution >= 4 is 5.69 Å². The van der Waals surface area contributed by atoms with Crippen LogP contribution in [0.25, 0.3) is 0 Å². The molecule has 0 unspecified atom stereocenters. The summed E-state index contributed by atoms with van der Waals surface area (Å²) in [6, 6.07) is 6.81. The molecule has 1 saturated heterocycles. The van der Waals surface area contributed by atoms with Crippen LogP contribution in [0.1, 0.15) is 12.8 Å². The van der Waals surface area contributed by atoms with E-state index in [9.17, 15) is 13.9 Å². The molecule has 0 atom stereocenters. The van der Waals surface area contributed by atoms with E-state index in [0.717, 1.165) is 5.69 Å². The second kappa shape index (κ2) is 5.10. The number of aromatic hydroxyl groups is 1. The summed E-state index contributed by atoms with van der Waals surface area (Å²) in [5.41, 5.74) is 5.44. The second-order valence-corrected chi connectivity index (χ2v) is 4.87. The highest BCUT2D eigenvalue weighted by Gasteiger charge is 2.41. The van der Waals surface area contributed by atoms with E-state index in [1.54, 1.807) is 24.3 Å². The van der Waals surface area contributed by atoms with Crippen LogP contribution in [-0.4, -0.2) is 31.2 Å². The molecule has 18 heavy (non-hydrogen) atoms.